The van der Waals surface area contributed by atoms with E-state index in [9.17, 15) is 13.2 Å². The van der Waals surface area contributed by atoms with Gasteiger partial charge < -0.3 is 10.5 Å². The van der Waals surface area contributed by atoms with Crippen molar-refractivity contribution in [2.45, 2.75) is 43.5 Å². The normalized spacial score (nSPS) is 20.5. The molecule has 0 spiro atoms. The lowest BCUT2D eigenvalue weighted by molar-refractivity contribution is -0.137. The third kappa shape index (κ3) is 2.77. The number of alkyl halides is 3. The minimum absolute atomic E-state index is 0.485. The Morgan fingerprint density at radius 1 is 1.26 bits per heavy atom. The van der Waals surface area contributed by atoms with Crippen LogP contribution in [0.1, 0.15) is 42.9 Å². The highest BCUT2D eigenvalue weighted by Gasteiger charge is 2.41. The molecule has 2 N–H and O–H groups in total. The summed E-state index contributed by atoms with van der Waals surface area (Å²) in [5.41, 5.74) is 5.46. The van der Waals surface area contributed by atoms with Gasteiger partial charge in [-0.3, -0.25) is 0 Å². The van der Waals surface area contributed by atoms with Gasteiger partial charge in [-0.1, -0.05) is 25.0 Å². The van der Waals surface area contributed by atoms with Crippen molar-refractivity contribution < 1.29 is 17.9 Å². The van der Waals surface area contributed by atoms with Gasteiger partial charge in [-0.2, -0.15) is 13.2 Å². The largest absolute Gasteiger partial charge is 0.416 e. The first-order chi connectivity index (χ1) is 8.89. The molecular weight excluding hydrogens is 255 g/mol. The summed E-state index contributed by atoms with van der Waals surface area (Å²) >= 11 is 0. The molecule has 2 nitrogen and oxygen atoms in total. The molecule has 19 heavy (non-hydrogen) atoms. The number of benzene rings is 1. The Morgan fingerprint density at radius 2 is 1.89 bits per heavy atom. The molecule has 0 saturated heterocycles. The summed E-state index contributed by atoms with van der Waals surface area (Å²) in [7, 11) is 1.58. The molecule has 5 heteroatoms. The summed E-state index contributed by atoms with van der Waals surface area (Å²) in [6.45, 7) is 0. The second-order valence-corrected chi connectivity index (χ2v) is 5.08. The van der Waals surface area contributed by atoms with Gasteiger partial charge in [0.25, 0.3) is 0 Å². The molecule has 1 aliphatic carbocycles. The van der Waals surface area contributed by atoms with Crippen LogP contribution in [0, 0.1) is 0 Å². The first-order valence-electron chi connectivity index (χ1n) is 6.37. The highest BCUT2D eigenvalue weighted by molar-refractivity contribution is 5.30. The van der Waals surface area contributed by atoms with Crippen LogP contribution in [0.25, 0.3) is 0 Å². The van der Waals surface area contributed by atoms with E-state index >= 15 is 0 Å². The third-order valence-electron chi connectivity index (χ3n) is 4.00. The summed E-state index contributed by atoms with van der Waals surface area (Å²) in [6.07, 6.45) is -0.755. The van der Waals surface area contributed by atoms with Crippen LogP contribution in [0.3, 0.4) is 0 Å². The van der Waals surface area contributed by atoms with Crippen LogP contribution in [0.5, 0.6) is 0 Å². The molecule has 1 aromatic carbocycles. The number of nitrogens with two attached hydrogens (primary N) is 1. The zero-order valence-corrected chi connectivity index (χ0v) is 10.8. The lowest BCUT2D eigenvalue weighted by Gasteiger charge is -2.34. The quantitative estimate of drug-likeness (QED) is 0.912. The molecule has 2 rings (SSSR count). The van der Waals surface area contributed by atoms with E-state index in [0.717, 1.165) is 37.8 Å². The molecule has 0 radical (unpaired) electrons. The summed E-state index contributed by atoms with van der Waals surface area (Å²) in [6, 6.07) is 4.70. The van der Waals surface area contributed by atoms with Gasteiger partial charge in [0.05, 0.1) is 17.2 Å². The van der Waals surface area contributed by atoms with Gasteiger partial charge in [0, 0.05) is 7.11 Å². The molecule has 1 aromatic rings. The van der Waals surface area contributed by atoms with Crippen LogP contribution in [-0.4, -0.2) is 12.7 Å². The van der Waals surface area contributed by atoms with Crippen molar-refractivity contribution in [1.29, 1.82) is 0 Å². The third-order valence-corrected chi connectivity index (χ3v) is 4.00. The van der Waals surface area contributed by atoms with Gasteiger partial charge in [0.1, 0.15) is 0 Å². The zero-order valence-electron chi connectivity index (χ0n) is 10.8. The van der Waals surface area contributed by atoms with Gasteiger partial charge in [0.15, 0.2) is 0 Å². The average molecular weight is 273 g/mol. The fourth-order valence-electron chi connectivity index (χ4n) is 2.83. The molecule has 1 saturated carbocycles. The predicted octanol–water partition coefficient (Wildman–Crippen LogP) is 3.66. The van der Waals surface area contributed by atoms with Gasteiger partial charge in [-0.25, -0.2) is 0 Å². The number of ether oxygens (including phenoxy) is 1. The van der Waals surface area contributed by atoms with Crippen LogP contribution in [0.15, 0.2) is 24.3 Å². The number of rotatable bonds is 3. The lowest BCUT2D eigenvalue weighted by atomic mass is 9.87. The molecule has 106 valence electrons. The number of hydrogen-bond acceptors (Lipinski definition) is 2. The predicted molar refractivity (Wildman–Crippen MR) is 66.6 cm³/mol. The minimum Gasteiger partial charge on any atom is -0.376 e. The summed E-state index contributed by atoms with van der Waals surface area (Å²) < 4.78 is 43.7. The SMILES string of the molecule is COC1(C(N)c2cccc(C(F)(F)F)c2)CCCC1. The van der Waals surface area contributed by atoms with Gasteiger partial charge in [-0.05, 0) is 30.5 Å². The van der Waals surface area contributed by atoms with E-state index in [-0.39, 0.29) is 0 Å². The highest BCUT2D eigenvalue weighted by atomic mass is 19.4. The Kier molecular flexibility index (Phi) is 3.87. The van der Waals surface area contributed by atoms with Crippen molar-refractivity contribution in [3.63, 3.8) is 0 Å². The molecule has 0 heterocycles. The maximum Gasteiger partial charge on any atom is 0.416 e. The second kappa shape index (κ2) is 5.13. The smallest absolute Gasteiger partial charge is 0.376 e. The van der Waals surface area contributed by atoms with E-state index in [4.69, 9.17) is 10.5 Å². The van der Waals surface area contributed by atoms with Crippen molar-refractivity contribution in [2.24, 2.45) is 5.73 Å². The van der Waals surface area contributed by atoms with E-state index in [0.29, 0.717) is 5.56 Å². The summed E-state index contributed by atoms with van der Waals surface area (Å²) in [5, 5.41) is 0. The van der Waals surface area contributed by atoms with E-state index in [1.165, 1.54) is 6.07 Å². The van der Waals surface area contributed by atoms with Crippen molar-refractivity contribution in [3.8, 4) is 0 Å². The van der Waals surface area contributed by atoms with Crippen molar-refractivity contribution in [3.05, 3.63) is 35.4 Å². The van der Waals surface area contributed by atoms with Crippen LogP contribution < -0.4 is 5.73 Å². The molecule has 0 amide bonds. The molecule has 0 aromatic heterocycles. The molecule has 1 aliphatic rings. The van der Waals surface area contributed by atoms with E-state index in [1.807, 2.05) is 0 Å². The van der Waals surface area contributed by atoms with Gasteiger partial charge >= 0.3 is 6.18 Å². The molecule has 1 unspecified atom stereocenters. The van der Waals surface area contributed by atoms with Crippen LogP contribution in [-0.2, 0) is 10.9 Å². The van der Waals surface area contributed by atoms with E-state index < -0.39 is 23.4 Å². The van der Waals surface area contributed by atoms with Crippen LogP contribution in [0.4, 0.5) is 13.2 Å². The molecule has 1 fully saturated rings. The molecule has 0 aliphatic heterocycles. The van der Waals surface area contributed by atoms with Gasteiger partial charge in [-0.15, -0.1) is 0 Å². The highest BCUT2D eigenvalue weighted by Crippen LogP contribution is 2.42. The molecular formula is C14H18F3NO. The topological polar surface area (TPSA) is 35.2 Å². The molecule has 0 bridgehead atoms. The summed E-state index contributed by atoms with van der Waals surface area (Å²) in [5.74, 6) is 0. The summed E-state index contributed by atoms with van der Waals surface area (Å²) in [4.78, 5) is 0. The molecule has 1 atom stereocenters. The Balaban J connectivity index is 2.31. The average Bonchev–Trinajstić information content (AvgIpc) is 2.87. The van der Waals surface area contributed by atoms with Gasteiger partial charge in [0.2, 0.25) is 0 Å². The lowest BCUT2D eigenvalue weighted by Crippen LogP contribution is -2.40. The monoisotopic (exact) mass is 273 g/mol. The number of halogens is 3. The Hall–Kier alpha value is -1.07. The maximum absolute atomic E-state index is 12.7. The van der Waals surface area contributed by atoms with Crippen molar-refractivity contribution in [1.82, 2.24) is 0 Å². The van der Waals surface area contributed by atoms with E-state index in [2.05, 4.69) is 0 Å². The Morgan fingerprint density at radius 3 is 2.42 bits per heavy atom. The zero-order chi connectivity index (χ0) is 14.1. The number of hydrogen-bond donors (Lipinski definition) is 1. The van der Waals surface area contributed by atoms with Crippen molar-refractivity contribution in [2.75, 3.05) is 7.11 Å². The Labute approximate surface area is 110 Å². The fourth-order valence-corrected chi connectivity index (χ4v) is 2.83. The van der Waals surface area contributed by atoms with Crippen LogP contribution >= 0.6 is 0 Å². The standard InChI is InChI=1S/C14H18F3NO/c1-19-13(7-2-3-8-13)12(18)10-5-4-6-11(9-10)14(15,16)17/h4-6,9,12H,2-3,7-8,18H2,1H3. The second-order valence-electron chi connectivity index (χ2n) is 5.08. The fraction of sp³-hybridized carbons (Fsp3) is 0.571. The number of methoxy groups -OCH3 is 1. The maximum atomic E-state index is 12.7. The van der Waals surface area contributed by atoms with Crippen LogP contribution in [0.2, 0.25) is 0 Å². The first kappa shape index (κ1) is 14.3. The first-order valence-corrected chi connectivity index (χ1v) is 6.37. The Bertz CT molecular complexity index is 439. The van der Waals surface area contributed by atoms with E-state index in [1.54, 1.807) is 13.2 Å². The van der Waals surface area contributed by atoms with Crippen molar-refractivity contribution >= 4 is 0 Å². The minimum atomic E-state index is -4.34.